The monoisotopic (exact) mass is 593 g/mol. The van der Waals surface area contributed by atoms with Crippen LogP contribution in [0.2, 0.25) is 0 Å². The molecule has 0 aliphatic heterocycles. The van der Waals surface area contributed by atoms with Gasteiger partial charge in [-0.1, -0.05) is 11.8 Å². The Labute approximate surface area is 227 Å². The number of aromatic hydroxyl groups is 1. The molecule has 0 saturated carbocycles. The van der Waals surface area contributed by atoms with Gasteiger partial charge in [0.05, 0.1) is 13.3 Å². The maximum Gasteiger partial charge on any atom is 0.409 e. The predicted octanol–water partition coefficient (Wildman–Crippen LogP) is 4.86. The van der Waals surface area contributed by atoms with E-state index in [0.717, 1.165) is 5.56 Å². The fraction of sp³-hybridized carbons (Fsp3) is 0.333. The number of hydrogen-bond donors (Lipinski definition) is 2. The van der Waals surface area contributed by atoms with E-state index in [2.05, 4.69) is 36.5 Å². The van der Waals surface area contributed by atoms with E-state index < -0.39 is 11.7 Å². The minimum Gasteiger partial charge on any atom is -0.504 e. The molecule has 0 saturated heterocycles. The van der Waals surface area contributed by atoms with Gasteiger partial charge < -0.3 is 24.1 Å². The van der Waals surface area contributed by atoms with Crippen LogP contribution >= 0.6 is 27.7 Å². The van der Waals surface area contributed by atoms with Crippen molar-refractivity contribution in [2.24, 2.45) is 5.10 Å². The lowest BCUT2D eigenvalue weighted by Gasteiger charge is -2.19. The third-order valence-corrected chi connectivity index (χ3v) is 5.85. The number of aromatic nitrogens is 3. The maximum atomic E-state index is 11.6. The summed E-state index contributed by atoms with van der Waals surface area (Å²) in [5, 5.41) is 26.1. The molecule has 0 aliphatic rings. The van der Waals surface area contributed by atoms with Crippen molar-refractivity contribution < 1.29 is 28.8 Å². The molecule has 11 nitrogen and oxygen atoms in total. The first kappa shape index (κ1) is 28.3. The number of methoxy groups -OCH3 is 1. The number of nitrogens with zero attached hydrogens (tertiary/aromatic N) is 4. The number of carbonyl (C=O) groups is 1. The molecule has 0 atom stereocenters. The van der Waals surface area contributed by atoms with E-state index in [1.807, 2.05) is 18.4 Å². The van der Waals surface area contributed by atoms with Crippen LogP contribution in [0, 0.1) is 0 Å². The van der Waals surface area contributed by atoms with E-state index in [9.17, 15) is 9.90 Å². The number of ether oxygens (including phenoxy) is 4. The van der Waals surface area contributed by atoms with E-state index in [0.29, 0.717) is 32.5 Å². The molecule has 3 aromatic rings. The molecule has 198 valence electrons. The number of amides is 1. The Morgan fingerprint density at radius 1 is 1.24 bits per heavy atom. The highest BCUT2D eigenvalue weighted by Gasteiger charge is 2.16. The molecular weight excluding hydrogens is 566 g/mol. The quantitative estimate of drug-likeness (QED) is 0.146. The van der Waals surface area contributed by atoms with Crippen molar-refractivity contribution in [3.8, 4) is 28.6 Å². The highest BCUT2D eigenvalue weighted by molar-refractivity contribution is 9.10. The molecule has 0 radical (unpaired) electrons. The number of rotatable bonds is 10. The average molecular weight is 594 g/mol. The number of phenolic OH excluding ortho intramolecular Hbond substituents is 1. The SMILES string of the molecule is COc1cc(/C=N/n2c(SC)nnc2-c2ccc(OCOCNC(=O)OC(C)(C)C)cc2)c(Br)cc1O. The zero-order valence-corrected chi connectivity index (χ0v) is 23.4. The maximum absolute atomic E-state index is 11.6. The minimum atomic E-state index is -0.579. The molecule has 0 bridgehead atoms. The predicted molar refractivity (Wildman–Crippen MR) is 143 cm³/mol. The Balaban J connectivity index is 1.65. The number of hydrogen-bond acceptors (Lipinski definition) is 10. The third kappa shape index (κ3) is 8.10. The number of benzene rings is 2. The van der Waals surface area contributed by atoms with Crippen molar-refractivity contribution in [2.75, 3.05) is 26.9 Å². The second-order valence-electron chi connectivity index (χ2n) is 8.43. The Bertz CT molecular complexity index is 1240. The van der Waals surface area contributed by atoms with E-state index in [1.165, 1.54) is 18.9 Å². The zero-order valence-electron chi connectivity index (χ0n) is 21.0. The van der Waals surface area contributed by atoms with Crippen molar-refractivity contribution in [3.63, 3.8) is 0 Å². The van der Waals surface area contributed by atoms with Crippen molar-refractivity contribution >= 4 is 40.0 Å². The highest BCUT2D eigenvalue weighted by Crippen LogP contribution is 2.32. The number of halogens is 1. The summed E-state index contributed by atoms with van der Waals surface area (Å²) in [4.78, 5) is 11.6. The second-order valence-corrected chi connectivity index (χ2v) is 10.1. The largest absolute Gasteiger partial charge is 0.504 e. The van der Waals surface area contributed by atoms with Crippen molar-refractivity contribution in [1.82, 2.24) is 20.2 Å². The molecule has 0 aliphatic carbocycles. The number of phenols is 1. The van der Waals surface area contributed by atoms with Gasteiger partial charge >= 0.3 is 6.09 Å². The average Bonchev–Trinajstić information content (AvgIpc) is 3.25. The fourth-order valence-corrected chi connectivity index (χ4v) is 3.76. The van der Waals surface area contributed by atoms with Gasteiger partial charge in [-0.05, 0) is 79.4 Å². The Morgan fingerprint density at radius 3 is 2.62 bits per heavy atom. The zero-order chi connectivity index (χ0) is 27.0. The van der Waals surface area contributed by atoms with Crippen LogP contribution in [0.25, 0.3) is 11.4 Å². The first-order valence-corrected chi connectivity index (χ1v) is 13.0. The van der Waals surface area contributed by atoms with Gasteiger partial charge in [0.1, 0.15) is 18.1 Å². The van der Waals surface area contributed by atoms with Crippen LogP contribution in [-0.2, 0) is 9.47 Å². The smallest absolute Gasteiger partial charge is 0.409 e. The van der Waals surface area contributed by atoms with Gasteiger partial charge in [-0.15, -0.1) is 10.2 Å². The summed E-state index contributed by atoms with van der Waals surface area (Å²) in [6.45, 7) is 5.24. The second kappa shape index (κ2) is 12.8. The standard InChI is InChI=1S/C24H28BrN5O6S/c1-24(2,3)36-23(32)26-13-34-14-35-17-8-6-15(7-9-17)21-28-29-22(37-5)30(21)27-12-16-10-20(33-4)19(31)11-18(16)25/h6-12,31H,13-14H2,1-5H3,(H,26,32)/b27-12+. The van der Waals surface area contributed by atoms with Gasteiger partial charge in [0, 0.05) is 15.6 Å². The summed E-state index contributed by atoms with van der Waals surface area (Å²) < 4.78 is 23.4. The summed E-state index contributed by atoms with van der Waals surface area (Å²) in [5.74, 6) is 1.46. The minimum absolute atomic E-state index is 0.0216. The number of carbonyl (C=O) groups excluding carboxylic acids is 1. The lowest BCUT2D eigenvalue weighted by Crippen LogP contribution is -2.34. The molecule has 2 N–H and O–H groups in total. The Kier molecular flexibility index (Phi) is 9.78. The van der Waals surface area contributed by atoms with Crippen LogP contribution < -0.4 is 14.8 Å². The molecule has 1 heterocycles. The molecule has 37 heavy (non-hydrogen) atoms. The first-order chi connectivity index (χ1) is 17.6. The summed E-state index contributed by atoms with van der Waals surface area (Å²) in [6.07, 6.45) is 2.94. The normalized spacial score (nSPS) is 11.5. The van der Waals surface area contributed by atoms with Crippen molar-refractivity contribution in [2.45, 2.75) is 31.5 Å². The Morgan fingerprint density at radius 2 is 1.97 bits per heavy atom. The lowest BCUT2D eigenvalue weighted by atomic mass is 10.2. The van der Waals surface area contributed by atoms with Crippen LogP contribution in [0.3, 0.4) is 0 Å². The highest BCUT2D eigenvalue weighted by atomic mass is 79.9. The van der Waals surface area contributed by atoms with Crippen molar-refractivity contribution in [3.05, 3.63) is 46.4 Å². The summed E-state index contributed by atoms with van der Waals surface area (Å²) in [7, 11) is 1.48. The van der Waals surface area contributed by atoms with Gasteiger partial charge in [-0.2, -0.15) is 9.78 Å². The van der Waals surface area contributed by atoms with E-state index in [4.69, 9.17) is 18.9 Å². The summed E-state index contributed by atoms with van der Waals surface area (Å²) in [6, 6.07) is 10.4. The fourth-order valence-electron chi connectivity index (χ4n) is 2.89. The first-order valence-electron chi connectivity index (χ1n) is 11.0. The van der Waals surface area contributed by atoms with Gasteiger partial charge in [0.15, 0.2) is 24.1 Å². The topological polar surface area (TPSA) is 129 Å². The van der Waals surface area contributed by atoms with Gasteiger partial charge in [-0.3, -0.25) is 5.32 Å². The lowest BCUT2D eigenvalue weighted by molar-refractivity contribution is -0.00259. The van der Waals surface area contributed by atoms with E-state index in [-0.39, 0.29) is 19.3 Å². The van der Waals surface area contributed by atoms with Crippen LogP contribution in [0.4, 0.5) is 4.79 Å². The molecule has 13 heteroatoms. The van der Waals surface area contributed by atoms with Gasteiger partial charge in [0.25, 0.3) is 0 Å². The molecule has 1 aromatic heterocycles. The van der Waals surface area contributed by atoms with Gasteiger partial charge in [-0.25, -0.2) is 4.79 Å². The van der Waals surface area contributed by atoms with Crippen LogP contribution in [0.1, 0.15) is 26.3 Å². The van der Waals surface area contributed by atoms with Crippen LogP contribution in [0.15, 0.2) is 51.1 Å². The molecular formula is C24H28BrN5O6S. The summed E-state index contributed by atoms with van der Waals surface area (Å²) >= 11 is 4.83. The van der Waals surface area contributed by atoms with Crippen LogP contribution in [-0.4, -0.2) is 64.8 Å². The molecule has 1 amide bonds. The number of nitrogens with one attached hydrogen (secondary N) is 1. The molecule has 3 rings (SSSR count). The number of thioether (sulfide) groups is 1. The van der Waals surface area contributed by atoms with E-state index in [1.54, 1.807) is 55.9 Å². The Hall–Kier alpha value is -3.29. The molecule has 0 unspecified atom stereocenters. The van der Waals surface area contributed by atoms with Gasteiger partial charge in [0.2, 0.25) is 5.16 Å². The number of alkyl carbamates (subject to hydrolysis) is 1. The van der Waals surface area contributed by atoms with Crippen LogP contribution in [0.5, 0.6) is 17.2 Å². The summed E-state index contributed by atoms with van der Waals surface area (Å²) in [5.41, 5.74) is 0.892. The van der Waals surface area contributed by atoms with E-state index >= 15 is 0 Å². The molecule has 2 aromatic carbocycles. The molecule has 0 fully saturated rings. The molecule has 0 spiro atoms. The van der Waals surface area contributed by atoms with Crippen molar-refractivity contribution in [1.29, 1.82) is 0 Å². The third-order valence-electron chi connectivity index (χ3n) is 4.54.